The van der Waals surface area contributed by atoms with Crippen LogP contribution in [-0.2, 0) is 14.3 Å². The van der Waals surface area contributed by atoms with E-state index in [1.807, 2.05) is 31.2 Å². The van der Waals surface area contributed by atoms with Gasteiger partial charge in [0.1, 0.15) is 18.2 Å². The number of nitrogens with one attached hydrogen (secondary N) is 2. The lowest BCUT2D eigenvalue weighted by atomic mass is 10.0. The Balaban J connectivity index is 2.38. The summed E-state index contributed by atoms with van der Waals surface area (Å²) in [5.41, 5.74) is 2.19. The second-order valence-corrected chi connectivity index (χ2v) is 9.98. The number of amides is 3. The second kappa shape index (κ2) is 14.1. The van der Waals surface area contributed by atoms with Crippen LogP contribution in [0.2, 0.25) is 0 Å². The maximum atomic E-state index is 13.7. The van der Waals surface area contributed by atoms with Crippen molar-refractivity contribution in [3.8, 4) is 12.3 Å². The Kier molecular flexibility index (Phi) is 11.2. The van der Waals surface area contributed by atoms with Gasteiger partial charge in [0.15, 0.2) is 0 Å². The minimum absolute atomic E-state index is 0.292. The van der Waals surface area contributed by atoms with E-state index < -0.39 is 17.7 Å². The normalized spacial score (nSPS) is 11.7. The van der Waals surface area contributed by atoms with Crippen LogP contribution < -0.4 is 10.6 Å². The molecule has 1 atom stereocenters. The first-order valence-electron chi connectivity index (χ1n) is 12.7. The standard InChI is InChI=1S/C30H39N3O4/c1-7-9-10-13-20-33(26(34)21-31-29(36)37-30(4,5)6)27(24-18-16-23(8-2)17-19-24)28(35)32-25-15-12-11-14-22(25)3/h2,11-12,14-19,27H,7,9-10,13,20-21H2,1,3-6H3,(H,31,36)(H,32,35). The number of hydrogen-bond donors (Lipinski definition) is 2. The molecule has 0 fully saturated rings. The zero-order chi connectivity index (χ0) is 27.4. The summed E-state index contributed by atoms with van der Waals surface area (Å²) in [4.78, 5) is 40.9. The van der Waals surface area contributed by atoms with Crippen LogP contribution in [0, 0.1) is 19.3 Å². The van der Waals surface area contributed by atoms with Crippen molar-refractivity contribution in [3.63, 3.8) is 0 Å². The molecule has 2 rings (SSSR count). The van der Waals surface area contributed by atoms with Gasteiger partial charge in [-0.2, -0.15) is 0 Å². The molecule has 0 aromatic heterocycles. The van der Waals surface area contributed by atoms with E-state index in [9.17, 15) is 14.4 Å². The van der Waals surface area contributed by atoms with Crippen LogP contribution in [0.3, 0.4) is 0 Å². The van der Waals surface area contributed by atoms with Crippen molar-refractivity contribution in [1.82, 2.24) is 10.2 Å². The van der Waals surface area contributed by atoms with Crippen molar-refractivity contribution in [2.45, 2.75) is 71.9 Å². The lowest BCUT2D eigenvalue weighted by Crippen LogP contribution is -2.47. The molecule has 2 aromatic carbocycles. The average molecular weight is 506 g/mol. The van der Waals surface area contributed by atoms with Gasteiger partial charge in [-0.25, -0.2) is 4.79 Å². The van der Waals surface area contributed by atoms with E-state index in [2.05, 4.69) is 23.5 Å². The van der Waals surface area contributed by atoms with Crippen LogP contribution >= 0.6 is 0 Å². The van der Waals surface area contributed by atoms with Gasteiger partial charge in [-0.15, -0.1) is 6.42 Å². The Bertz CT molecular complexity index is 1100. The molecular formula is C30H39N3O4. The Morgan fingerprint density at radius 1 is 1.03 bits per heavy atom. The highest BCUT2D eigenvalue weighted by atomic mass is 16.6. The minimum atomic E-state index is -0.916. The molecule has 1 unspecified atom stereocenters. The zero-order valence-corrected chi connectivity index (χ0v) is 22.6. The SMILES string of the molecule is C#Cc1ccc(C(C(=O)Nc2ccccc2C)N(CCCCCC)C(=O)CNC(=O)OC(C)(C)C)cc1. The molecule has 0 saturated carbocycles. The number of ether oxygens (including phenoxy) is 1. The van der Waals surface area contributed by atoms with Crippen LogP contribution in [-0.4, -0.2) is 41.5 Å². The number of anilines is 1. The van der Waals surface area contributed by atoms with Crippen LogP contribution in [0.15, 0.2) is 48.5 Å². The van der Waals surface area contributed by atoms with Crippen molar-refractivity contribution in [2.75, 3.05) is 18.4 Å². The van der Waals surface area contributed by atoms with Gasteiger partial charge in [0, 0.05) is 17.8 Å². The summed E-state index contributed by atoms with van der Waals surface area (Å²) in [5.74, 6) is 1.85. The second-order valence-electron chi connectivity index (χ2n) is 9.98. The number of nitrogens with zero attached hydrogens (tertiary/aromatic N) is 1. The summed E-state index contributed by atoms with van der Waals surface area (Å²) in [6, 6.07) is 13.6. The van der Waals surface area contributed by atoms with Gasteiger partial charge < -0.3 is 20.3 Å². The maximum absolute atomic E-state index is 13.7. The summed E-state index contributed by atoms with van der Waals surface area (Å²) in [6.07, 6.45) is 8.54. The number of benzene rings is 2. The van der Waals surface area contributed by atoms with Crippen LogP contribution in [0.25, 0.3) is 0 Å². The van der Waals surface area contributed by atoms with Crippen LogP contribution in [0.4, 0.5) is 10.5 Å². The fourth-order valence-corrected chi connectivity index (χ4v) is 3.82. The summed E-state index contributed by atoms with van der Waals surface area (Å²) < 4.78 is 5.27. The molecule has 0 aliphatic heterocycles. The molecule has 7 heteroatoms. The molecule has 2 aromatic rings. The predicted octanol–water partition coefficient (Wildman–Crippen LogP) is 5.59. The first-order valence-corrected chi connectivity index (χ1v) is 12.7. The Morgan fingerprint density at radius 2 is 1.70 bits per heavy atom. The van der Waals surface area contributed by atoms with E-state index in [4.69, 9.17) is 11.2 Å². The number of para-hydroxylation sites is 1. The molecule has 0 radical (unpaired) electrons. The number of rotatable bonds is 11. The van der Waals surface area contributed by atoms with Crippen molar-refractivity contribution in [3.05, 3.63) is 65.2 Å². The summed E-state index contributed by atoms with van der Waals surface area (Å²) in [7, 11) is 0. The average Bonchev–Trinajstić information content (AvgIpc) is 2.85. The van der Waals surface area contributed by atoms with Crippen molar-refractivity contribution in [2.24, 2.45) is 0 Å². The zero-order valence-electron chi connectivity index (χ0n) is 22.6. The molecule has 0 aliphatic carbocycles. The third-order valence-electron chi connectivity index (χ3n) is 5.71. The van der Waals surface area contributed by atoms with E-state index in [-0.39, 0.29) is 18.4 Å². The number of alkyl carbamates (subject to hydrolysis) is 1. The molecule has 2 N–H and O–H groups in total. The molecular weight excluding hydrogens is 466 g/mol. The summed E-state index contributed by atoms with van der Waals surface area (Å²) in [5, 5.41) is 5.52. The molecule has 3 amide bonds. The molecule has 0 heterocycles. The quantitative estimate of drug-likeness (QED) is 0.308. The van der Waals surface area contributed by atoms with Crippen LogP contribution in [0.5, 0.6) is 0 Å². The monoisotopic (exact) mass is 505 g/mol. The van der Waals surface area contributed by atoms with E-state index in [0.29, 0.717) is 23.4 Å². The molecule has 37 heavy (non-hydrogen) atoms. The molecule has 0 bridgehead atoms. The van der Waals surface area contributed by atoms with Gasteiger partial charge in [0.2, 0.25) is 5.91 Å². The van der Waals surface area contributed by atoms with Gasteiger partial charge in [0.05, 0.1) is 0 Å². The van der Waals surface area contributed by atoms with Gasteiger partial charge in [0.25, 0.3) is 5.91 Å². The Labute approximate surface area is 221 Å². The Morgan fingerprint density at radius 3 is 2.30 bits per heavy atom. The number of carbonyl (C=O) groups excluding carboxylic acids is 3. The maximum Gasteiger partial charge on any atom is 0.408 e. The number of carbonyl (C=O) groups is 3. The third kappa shape index (κ3) is 9.64. The van der Waals surface area contributed by atoms with Crippen molar-refractivity contribution in [1.29, 1.82) is 0 Å². The predicted molar refractivity (Wildman–Crippen MR) is 147 cm³/mol. The van der Waals surface area contributed by atoms with Crippen molar-refractivity contribution < 1.29 is 19.1 Å². The summed E-state index contributed by atoms with van der Waals surface area (Å²) >= 11 is 0. The minimum Gasteiger partial charge on any atom is -0.444 e. The number of aryl methyl sites for hydroxylation is 1. The van der Waals surface area contributed by atoms with Crippen molar-refractivity contribution >= 4 is 23.6 Å². The number of terminal acetylenes is 1. The fourth-order valence-electron chi connectivity index (χ4n) is 3.82. The van der Waals surface area contributed by atoms with Gasteiger partial charge in [-0.1, -0.05) is 62.4 Å². The molecule has 0 aliphatic rings. The van der Waals surface area contributed by atoms with E-state index >= 15 is 0 Å². The largest absolute Gasteiger partial charge is 0.444 e. The van der Waals surface area contributed by atoms with E-state index in [1.54, 1.807) is 45.0 Å². The topological polar surface area (TPSA) is 87.7 Å². The lowest BCUT2D eigenvalue weighted by molar-refractivity contribution is -0.138. The van der Waals surface area contributed by atoms with Gasteiger partial charge in [-0.3, -0.25) is 9.59 Å². The van der Waals surface area contributed by atoms with E-state index in [0.717, 1.165) is 31.2 Å². The van der Waals surface area contributed by atoms with Crippen LogP contribution in [0.1, 0.15) is 76.1 Å². The Hall–Kier alpha value is -3.79. The fraction of sp³-hybridized carbons (Fsp3) is 0.433. The van der Waals surface area contributed by atoms with Gasteiger partial charge in [-0.05, 0) is 63.4 Å². The highest BCUT2D eigenvalue weighted by Crippen LogP contribution is 2.26. The van der Waals surface area contributed by atoms with E-state index in [1.165, 1.54) is 4.90 Å². The first-order chi connectivity index (χ1) is 17.6. The smallest absolute Gasteiger partial charge is 0.408 e. The highest BCUT2D eigenvalue weighted by molar-refractivity contribution is 5.98. The van der Waals surface area contributed by atoms with Gasteiger partial charge >= 0.3 is 6.09 Å². The molecule has 0 spiro atoms. The lowest BCUT2D eigenvalue weighted by Gasteiger charge is -2.32. The summed E-state index contributed by atoms with van der Waals surface area (Å²) in [6.45, 7) is 9.33. The molecule has 198 valence electrons. The molecule has 7 nitrogen and oxygen atoms in total. The third-order valence-corrected chi connectivity index (χ3v) is 5.71. The number of unbranched alkanes of at least 4 members (excludes halogenated alkanes) is 3. The number of hydrogen-bond acceptors (Lipinski definition) is 4. The molecule has 0 saturated heterocycles. The highest BCUT2D eigenvalue weighted by Gasteiger charge is 2.32. The first kappa shape index (κ1) is 29.4.